The van der Waals surface area contributed by atoms with Gasteiger partial charge in [-0.15, -0.1) is 0 Å². The van der Waals surface area contributed by atoms with Gasteiger partial charge in [0.15, 0.2) is 0 Å². The summed E-state index contributed by atoms with van der Waals surface area (Å²) in [6.07, 6.45) is 3.20. The monoisotopic (exact) mass is 379 g/mol. The molecule has 27 heavy (non-hydrogen) atoms. The average Bonchev–Trinajstić information content (AvgIpc) is 2.66. The molecule has 3 aromatic rings. The van der Waals surface area contributed by atoms with Crippen molar-refractivity contribution in [3.05, 3.63) is 104 Å². The summed E-state index contributed by atoms with van der Waals surface area (Å²) in [6, 6.07) is 18.0. The van der Waals surface area contributed by atoms with Crippen molar-refractivity contribution in [1.82, 2.24) is 9.99 Å². The maximum absolute atomic E-state index is 12.6. The van der Waals surface area contributed by atoms with Crippen LogP contribution in [0.3, 0.4) is 0 Å². The Morgan fingerprint density at radius 2 is 1.85 bits per heavy atom. The standard InChI is InChI=1S/C21H18ClN3O2/c1-15-5-2-3-6-17(15)13-23-24-20(26)19-7-4-12-25(21(19)27)14-16-8-10-18(22)11-9-16/h2-13H,14H2,1H3,(H,24,26)/b23-13-. The summed E-state index contributed by atoms with van der Waals surface area (Å²) in [4.78, 5) is 24.9. The van der Waals surface area contributed by atoms with Gasteiger partial charge in [0.2, 0.25) is 0 Å². The van der Waals surface area contributed by atoms with Crippen LogP contribution >= 0.6 is 11.6 Å². The Morgan fingerprint density at radius 1 is 1.11 bits per heavy atom. The number of pyridine rings is 1. The number of benzene rings is 2. The molecule has 0 unspecified atom stereocenters. The lowest BCUT2D eigenvalue weighted by Crippen LogP contribution is -2.30. The number of rotatable bonds is 5. The van der Waals surface area contributed by atoms with Crippen LogP contribution in [0.15, 0.2) is 76.8 Å². The largest absolute Gasteiger partial charge is 0.310 e. The number of amides is 1. The van der Waals surface area contributed by atoms with Crippen LogP contribution in [-0.2, 0) is 6.54 Å². The topological polar surface area (TPSA) is 63.5 Å². The van der Waals surface area contributed by atoms with Gasteiger partial charge in [-0.05, 0) is 47.9 Å². The Bertz CT molecular complexity index is 1040. The van der Waals surface area contributed by atoms with E-state index in [1.165, 1.54) is 10.6 Å². The zero-order chi connectivity index (χ0) is 19.2. The fourth-order valence-electron chi connectivity index (χ4n) is 2.57. The minimum Gasteiger partial charge on any atom is -0.310 e. The van der Waals surface area contributed by atoms with Crippen molar-refractivity contribution in [3.63, 3.8) is 0 Å². The Morgan fingerprint density at radius 3 is 2.59 bits per heavy atom. The first-order valence-corrected chi connectivity index (χ1v) is 8.75. The number of carbonyl (C=O) groups excluding carboxylic acids is 1. The highest BCUT2D eigenvalue weighted by Crippen LogP contribution is 2.10. The van der Waals surface area contributed by atoms with Gasteiger partial charge < -0.3 is 4.57 Å². The molecule has 0 radical (unpaired) electrons. The molecule has 5 nitrogen and oxygen atoms in total. The number of hydrazone groups is 1. The van der Waals surface area contributed by atoms with Crippen LogP contribution in [0, 0.1) is 6.92 Å². The Kier molecular flexibility index (Phi) is 5.84. The maximum atomic E-state index is 12.6. The first-order chi connectivity index (χ1) is 13.0. The molecule has 0 saturated heterocycles. The SMILES string of the molecule is Cc1ccccc1/C=N\NC(=O)c1cccn(Cc2ccc(Cl)cc2)c1=O. The molecule has 0 atom stereocenters. The van der Waals surface area contributed by atoms with Crippen molar-refractivity contribution >= 4 is 23.7 Å². The molecule has 1 amide bonds. The molecule has 0 aliphatic carbocycles. The van der Waals surface area contributed by atoms with Gasteiger partial charge in [0.25, 0.3) is 11.5 Å². The molecular formula is C21H18ClN3O2. The zero-order valence-corrected chi connectivity index (χ0v) is 15.5. The lowest BCUT2D eigenvalue weighted by molar-refractivity contribution is 0.0953. The Hall–Kier alpha value is -3.18. The number of aryl methyl sites for hydroxylation is 1. The number of hydrogen-bond acceptors (Lipinski definition) is 3. The number of nitrogens with zero attached hydrogens (tertiary/aromatic N) is 2. The van der Waals surface area contributed by atoms with Gasteiger partial charge in [0, 0.05) is 11.2 Å². The van der Waals surface area contributed by atoms with Gasteiger partial charge in [0.05, 0.1) is 12.8 Å². The molecule has 0 aliphatic heterocycles. The van der Waals surface area contributed by atoms with E-state index in [1.807, 2.05) is 43.3 Å². The molecule has 0 fully saturated rings. The first kappa shape index (κ1) is 18.6. The maximum Gasteiger partial charge on any atom is 0.276 e. The van der Waals surface area contributed by atoms with E-state index in [1.54, 1.807) is 30.6 Å². The van der Waals surface area contributed by atoms with E-state index in [4.69, 9.17) is 11.6 Å². The van der Waals surface area contributed by atoms with Crippen molar-refractivity contribution in [3.8, 4) is 0 Å². The first-order valence-electron chi connectivity index (χ1n) is 8.37. The fourth-order valence-corrected chi connectivity index (χ4v) is 2.70. The molecule has 1 heterocycles. The molecule has 6 heteroatoms. The molecule has 0 bridgehead atoms. The van der Waals surface area contributed by atoms with Gasteiger partial charge >= 0.3 is 0 Å². The van der Waals surface area contributed by atoms with E-state index < -0.39 is 5.91 Å². The highest BCUT2D eigenvalue weighted by molar-refractivity contribution is 6.30. The van der Waals surface area contributed by atoms with Crippen molar-refractivity contribution in [1.29, 1.82) is 0 Å². The molecule has 0 saturated carbocycles. The van der Waals surface area contributed by atoms with E-state index in [0.29, 0.717) is 11.6 Å². The molecule has 1 N–H and O–H groups in total. The molecule has 3 rings (SSSR count). The van der Waals surface area contributed by atoms with Crippen molar-refractivity contribution in [2.24, 2.45) is 5.10 Å². The van der Waals surface area contributed by atoms with Crippen LogP contribution in [-0.4, -0.2) is 16.7 Å². The second kappa shape index (κ2) is 8.47. The van der Waals surface area contributed by atoms with E-state index in [-0.39, 0.29) is 11.1 Å². The third-order valence-electron chi connectivity index (χ3n) is 4.09. The highest BCUT2D eigenvalue weighted by Gasteiger charge is 2.11. The number of aromatic nitrogens is 1. The van der Waals surface area contributed by atoms with Gasteiger partial charge in [-0.2, -0.15) is 5.10 Å². The van der Waals surface area contributed by atoms with Crippen molar-refractivity contribution in [2.75, 3.05) is 0 Å². The summed E-state index contributed by atoms with van der Waals surface area (Å²) in [7, 11) is 0. The molecule has 2 aromatic carbocycles. The summed E-state index contributed by atoms with van der Waals surface area (Å²) < 4.78 is 1.48. The van der Waals surface area contributed by atoms with Crippen molar-refractivity contribution in [2.45, 2.75) is 13.5 Å². The van der Waals surface area contributed by atoms with E-state index in [0.717, 1.165) is 16.7 Å². The third kappa shape index (κ3) is 4.71. The summed E-state index contributed by atoms with van der Waals surface area (Å²) in [5, 5.41) is 4.59. The minimum atomic E-state index is -0.546. The summed E-state index contributed by atoms with van der Waals surface area (Å²) in [5.41, 5.74) is 4.92. The molecule has 0 aliphatic rings. The van der Waals surface area contributed by atoms with E-state index in [9.17, 15) is 9.59 Å². The molecule has 136 valence electrons. The predicted octanol–water partition coefficient (Wildman–Crippen LogP) is 3.62. The zero-order valence-electron chi connectivity index (χ0n) is 14.7. The quantitative estimate of drug-likeness (QED) is 0.543. The van der Waals surface area contributed by atoms with Crippen molar-refractivity contribution < 1.29 is 4.79 Å². The van der Waals surface area contributed by atoms with Crippen LogP contribution in [0.1, 0.15) is 27.0 Å². The predicted molar refractivity (Wildman–Crippen MR) is 107 cm³/mol. The second-order valence-electron chi connectivity index (χ2n) is 6.04. The van der Waals surface area contributed by atoms with Gasteiger partial charge in [-0.3, -0.25) is 9.59 Å². The average molecular weight is 380 g/mol. The van der Waals surface area contributed by atoms with Crippen LogP contribution in [0.4, 0.5) is 0 Å². The molecule has 1 aromatic heterocycles. The number of halogens is 1. The fraction of sp³-hybridized carbons (Fsp3) is 0.0952. The van der Waals surface area contributed by atoms with E-state index >= 15 is 0 Å². The number of carbonyl (C=O) groups is 1. The normalized spacial score (nSPS) is 10.9. The smallest absolute Gasteiger partial charge is 0.276 e. The third-order valence-corrected chi connectivity index (χ3v) is 4.34. The summed E-state index contributed by atoms with van der Waals surface area (Å²) >= 11 is 5.88. The highest BCUT2D eigenvalue weighted by atomic mass is 35.5. The van der Waals surface area contributed by atoms with Gasteiger partial charge in [-0.25, -0.2) is 5.43 Å². The molecular weight excluding hydrogens is 362 g/mol. The van der Waals surface area contributed by atoms with Crippen LogP contribution in [0.2, 0.25) is 5.02 Å². The van der Waals surface area contributed by atoms with Crippen LogP contribution < -0.4 is 11.0 Å². The molecule has 0 spiro atoms. The van der Waals surface area contributed by atoms with E-state index in [2.05, 4.69) is 10.5 Å². The number of hydrogen-bond donors (Lipinski definition) is 1. The lowest BCUT2D eigenvalue weighted by atomic mass is 10.1. The summed E-state index contributed by atoms with van der Waals surface area (Å²) in [5.74, 6) is -0.546. The van der Waals surface area contributed by atoms with Crippen LogP contribution in [0.25, 0.3) is 0 Å². The van der Waals surface area contributed by atoms with Gasteiger partial charge in [0.1, 0.15) is 5.56 Å². The minimum absolute atomic E-state index is 0.0356. The number of nitrogens with one attached hydrogen (secondary N) is 1. The van der Waals surface area contributed by atoms with Gasteiger partial charge in [-0.1, -0.05) is 48.0 Å². The summed E-state index contributed by atoms with van der Waals surface area (Å²) in [6.45, 7) is 2.30. The lowest BCUT2D eigenvalue weighted by Gasteiger charge is -2.08. The van der Waals surface area contributed by atoms with Crippen LogP contribution in [0.5, 0.6) is 0 Å². The Labute approximate surface area is 161 Å². The Balaban J connectivity index is 1.74. The second-order valence-corrected chi connectivity index (χ2v) is 6.47.